The van der Waals surface area contributed by atoms with Crippen LogP contribution in [0.1, 0.15) is 33.1 Å². The van der Waals surface area contributed by atoms with Crippen LogP contribution in [0.3, 0.4) is 0 Å². The standard InChI is InChI=1S/C17H15BrFNO/c1-10-6-7-15(19)13(8-10)17(21)20-16-12-5-3-2-4-11(12)9-14(16)18/h2-8,14,16H,9H2,1H3,(H,20,21). The maximum absolute atomic E-state index is 13.8. The van der Waals surface area contributed by atoms with Crippen LogP contribution in [0.4, 0.5) is 4.39 Å². The van der Waals surface area contributed by atoms with Crippen molar-refractivity contribution >= 4 is 21.8 Å². The number of benzene rings is 2. The summed E-state index contributed by atoms with van der Waals surface area (Å²) in [5.74, 6) is -0.863. The maximum Gasteiger partial charge on any atom is 0.254 e. The van der Waals surface area contributed by atoms with Gasteiger partial charge in [-0.15, -0.1) is 0 Å². The van der Waals surface area contributed by atoms with E-state index in [-0.39, 0.29) is 22.3 Å². The predicted octanol–water partition coefficient (Wildman–Crippen LogP) is 3.92. The summed E-state index contributed by atoms with van der Waals surface area (Å²) in [5.41, 5.74) is 3.28. The second-order valence-corrected chi connectivity index (χ2v) is 6.53. The van der Waals surface area contributed by atoms with Gasteiger partial charge in [0, 0.05) is 4.83 Å². The minimum absolute atomic E-state index is 0.0964. The van der Waals surface area contributed by atoms with Gasteiger partial charge in [-0.1, -0.05) is 51.8 Å². The fourth-order valence-electron chi connectivity index (χ4n) is 2.75. The summed E-state index contributed by atoms with van der Waals surface area (Å²) in [4.78, 5) is 12.5. The van der Waals surface area contributed by atoms with Gasteiger partial charge in [-0.2, -0.15) is 0 Å². The van der Waals surface area contributed by atoms with E-state index in [2.05, 4.69) is 27.3 Å². The second-order valence-electron chi connectivity index (χ2n) is 5.35. The molecule has 21 heavy (non-hydrogen) atoms. The molecule has 2 aromatic carbocycles. The zero-order valence-electron chi connectivity index (χ0n) is 11.6. The van der Waals surface area contributed by atoms with Gasteiger partial charge in [-0.3, -0.25) is 4.79 Å². The van der Waals surface area contributed by atoms with Crippen LogP contribution in [0.25, 0.3) is 0 Å². The summed E-state index contributed by atoms with van der Waals surface area (Å²) >= 11 is 3.61. The van der Waals surface area contributed by atoms with Crippen molar-refractivity contribution in [2.24, 2.45) is 0 Å². The molecule has 3 rings (SSSR count). The van der Waals surface area contributed by atoms with Crippen molar-refractivity contribution in [1.82, 2.24) is 5.32 Å². The molecule has 1 aliphatic rings. The number of alkyl halides is 1. The van der Waals surface area contributed by atoms with E-state index >= 15 is 0 Å². The van der Waals surface area contributed by atoms with Crippen LogP contribution < -0.4 is 5.32 Å². The van der Waals surface area contributed by atoms with Gasteiger partial charge < -0.3 is 5.32 Å². The molecule has 1 N–H and O–H groups in total. The molecule has 1 amide bonds. The zero-order chi connectivity index (χ0) is 15.0. The smallest absolute Gasteiger partial charge is 0.254 e. The van der Waals surface area contributed by atoms with Gasteiger partial charge in [0.2, 0.25) is 0 Å². The highest BCUT2D eigenvalue weighted by atomic mass is 79.9. The number of carbonyl (C=O) groups excluding carboxylic acids is 1. The Hall–Kier alpha value is -1.68. The molecule has 108 valence electrons. The number of carbonyl (C=O) groups is 1. The van der Waals surface area contributed by atoms with E-state index in [0.717, 1.165) is 17.5 Å². The molecule has 2 unspecified atom stereocenters. The van der Waals surface area contributed by atoms with Crippen LogP contribution in [0.5, 0.6) is 0 Å². The minimum atomic E-state index is -0.490. The van der Waals surface area contributed by atoms with E-state index in [1.165, 1.54) is 11.6 Å². The molecule has 1 aliphatic carbocycles. The third-order valence-corrected chi connectivity index (χ3v) is 4.67. The van der Waals surface area contributed by atoms with Crippen LogP contribution in [0.2, 0.25) is 0 Å². The van der Waals surface area contributed by atoms with E-state index in [1.54, 1.807) is 12.1 Å². The number of rotatable bonds is 2. The van der Waals surface area contributed by atoms with E-state index < -0.39 is 5.82 Å². The summed E-state index contributed by atoms with van der Waals surface area (Å²) in [6, 6.07) is 12.4. The number of hydrogen-bond donors (Lipinski definition) is 1. The Balaban J connectivity index is 1.87. The largest absolute Gasteiger partial charge is 0.344 e. The first-order valence-electron chi connectivity index (χ1n) is 6.85. The van der Waals surface area contributed by atoms with Crippen molar-refractivity contribution in [3.63, 3.8) is 0 Å². The van der Waals surface area contributed by atoms with Gasteiger partial charge in [0.1, 0.15) is 5.82 Å². The number of hydrogen-bond acceptors (Lipinski definition) is 1. The van der Waals surface area contributed by atoms with Crippen molar-refractivity contribution in [3.8, 4) is 0 Å². The number of amides is 1. The van der Waals surface area contributed by atoms with Gasteiger partial charge in [-0.05, 0) is 36.6 Å². The molecule has 0 fully saturated rings. The van der Waals surface area contributed by atoms with Crippen molar-refractivity contribution in [2.45, 2.75) is 24.2 Å². The average molecular weight is 348 g/mol. The topological polar surface area (TPSA) is 29.1 Å². The molecule has 0 aliphatic heterocycles. The van der Waals surface area contributed by atoms with Crippen LogP contribution in [-0.4, -0.2) is 10.7 Å². The molecule has 0 aromatic heterocycles. The van der Waals surface area contributed by atoms with Gasteiger partial charge in [0.05, 0.1) is 11.6 Å². The lowest BCUT2D eigenvalue weighted by atomic mass is 10.1. The van der Waals surface area contributed by atoms with Crippen molar-refractivity contribution in [3.05, 3.63) is 70.5 Å². The SMILES string of the molecule is Cc1ccc(F)c(C(=O)NC2c3ccccc3CC2Br)c1. The number of halogens is 2. The van der Waals surface area contributed by atoms with Crippen molar-refractivity contribution < 1.29 is 9.18 Å². The Morgan fingerprint density at radius 3 is 2.86 bits per heavy atom. The minimum Gasteiger partial charge on any atom is -0.344 e. The molecular weight excluding hydrogens is 333 g/mol. The Morgan fingerprint density at radius 1 is 1.29 bits per heavy atom. The fourth-order valence-corrected chi connectivity index (χ4v) is 3.51. The predicted molar refractivity (Wildman–Crippen MR) is 84.2 cm³/mol. The first-order valence-corrected chi connectivity index (χ1v) is 7.76. The van der Waals surface area contributed by atoms with Gasteiger partial charge in [-0.25, -0.2) is 4.39 Å². The summed E-state index contributed by atoms with van der Waals surface area (Å²) in [7, 11) is 0. The molecule has 2 aromatic rings. The normalized spacial score (nSPS) is 20.1. The molecule has 0 radical (unpaired) electrons. The highest BCUT2D eigenvalue weighted by molar-refractivity contribution is 9.09. The highest BCUT2D eigenvalue weighted by Gasteiger charge is 2.32. The van der Waals surface area contributed by atoms with Gasteiger partial charge in [0.25, 0.3) is 5.91 Å². The zero-order valence-corrected chi connectivity index (χ0v) is 13.2. The summed E-state index contributed by atoms with van der Waals surface area (Å²) < 4.78 is 13.8. The van der Waals surface area contributed by atoms with Crippen molar-refractivity contribution in [1.29, 1.82) is 0 Å². The van der Waals surface area contributed by atoms with E-state index in [9.17, 15) is 9.18 Å². The molecule has 0 spiro atoms. The number of aryl methyl sites for hydroxylation is 1. The van der Waals surface area contributed by atoms with Crippen LogP contribution >= 0.6 is 15.9 Å². The summed E-state index contributed by atoms with van der Waals surface area (Å²) in [5, 5.41) is 2.94. The Morgan fingerprint density at radius 2 is 2.05 bits per heavy atom. The molecule has 0 bridgehead atoms. The van der Waals surface area contributed by atoms with Crippen LogP contribution in [-0.2, 0) is 6.42 Å². The molecule has 4 heteroatoms. The monoisotopic (exact) mass is 347 g/mol. The molecule has 2 atom stereocenters. The molecule has 0 heterocycles. The lowest BCUT2D eigenvalue weighted by Gasteiger charge is -2.18. The number of fused-ring (bicyclic) bond motifs is 1. The average Bonchev–Trinajstić information content (AvgIpc) is 2.78. The Labute approximate surface area is 131 Å². The Kier molecular flexibility index (Phi) is 3.81. The van der Waals surface area contributed by atoms with E-state index in [0.29, 0.717) is 0 Å². The first kappa shape index (κ1) is 14.3. The lowest BCUT2D eigenvalue weighted by molar-refractivity contribution is 0.0934. The van der Waals surface area contributed by atoms with Gasteiger partial charge >= 0.3 is 0 Å². The lowest BCUT2D eigenvalue weighted by Crippen LogP contribution is -2.32. The van der Waals surface area contributed by atoms with Crippen molar-refractivity contribution in [2.75, 3.05) is 0 Å². The molecule has 0 saturated heterocycles. The molecule has 0 saturated carbocycles. The quantitative estimate of drug-likeness (QED) is 0.819. The second kappa shape index (κ2) is 5.60. The maximum atomic E-state index is 13.8. The van der Waals surface area contributed by atoms with E-state index in [1.807, 2.05) is 25.1 Å². The summed E-state index contributed by atoms with van der Waals surface area (Å²) in [6.07, 6.45) is 0.859. The highest BCUT2D eigenvalue weighted by Crippen LogP contribution is 2.35. The fraction of sp³-hybridized carbons (Fsp3) is 0.235. The third-order valence-electron chi connectivity index (χ3n) is 3.82. The summed E-state index contributed by atoms with van der Waals surface area (Å²) in [6.45, 7) is 1.84. The number of nitrogens with one attached hydrogen (secondary N) is 1. The van der Waals surface area contributed by atoms with Crippen LogP contribution in [0, 0.1) is 12.7 Å². The van der Waals surface area contributed by atoms with Crippen LogP contribution in [0.15, 0.2) is 42.5 Å². The molecular formula is C17H15BrFNO. The molecule has 2 nitrogen and oxygen atoms in total. The van der Waals surface area contributed by atoms with E-state index in [4.69, 9.17) is 0 Å². The Bertz CT molecular complexity index is 701. The first-order chi connectivity index (χ1) is 10.1. The third kappa shape index (κ3) is 2.72. The van der Waals surface area contributed by atoms with Gasteiger partial charge in [0.15, 0.2) is 0 Å².